The predicted molar refractivity (Wildman–Crippen MR) is 146 cm³/mol. The monoisotopic (exact) mass is 531 g/mol. The molecule has 0 aromatic heterocycles. The van der Waals surface area contributed by atoms with E-state index in [1.165, 1.54) is 0 Å². The van der Waals surface area contributed by atoms with Gasteiger partial charge in [0, 0.05) is 49.0 Å². The van der Waals surface area contributed by atoms with Gasteiger partial charge in [0.2, 0.25) is 5.91 Å². The number of carbonyl (C=O) groups is 2. The van der Waals surface area contributed by atoms with Gasteiger partial charge in [-0.3, -0.25) is 9.59 Å². The highest BCUT2D eigenvalue weighted by atomic mass is 35.5. The van der Waals surface area contributed by atoms with Gasteiger partial charge < -0.3 is 24.2 Å². The molecule has 8 heteroatoms. The van der Waals surface area contributed by atoms with E-state index in [1.54, 1.807) is 14.2 Å². The Bertz CT molecular complexity index is 1400. The molecule has 3 aromatic rings. The van der Waals surface area contributed by atoms with E-state index in [-0.39, 0.29) is 11.8 Å². The number of benzene rings is 3. The van der Waals surface area contributed by atoms with Crippen LogP contribution in [0, 0.1) is 0 Å². The highest BCUT2D eigenvalue weighted by molar-refractivity contribution is 6.30. The number of halogens is 1. The molecule has 0 saturated carbocycles. The van der Waals surface area contributed by atoms with E-state index in [2.05, 4.69) is 4.90 Å². The Kier molecular flexibility index (Phi) is 6.40. The summed E-state index contributed by atoms with van der Waals surface area (Å²) in [6.07, 6.45) is 0.694. The fourth-order valence-corrected chi connectivity index (χ4v) is 6.36. The third kappa shape index (κ3) is 4.06. The van der Waals surface area contributed by atoms with Gasteiger partial charge in [-0.05, 0) is 59.5 Å². The molecule has 3 aromatic carbocycles. The van der Waals surface area contributed by atoms with E-state index >= 15 is 0 Å². The van der Waals surface area contributed by atoms with Gasteiger partial charge in [0.25, 0.3) is 5.91 Å². The lowest BCUT2D eigenvalue weighted by Gasteiger charge is -2.47. The van der Waals surface area contributed by atoms with Gasteiger partial charge in [-0.2, -0.15) is 0 Å². The zero-order chi connectivity index (χ0) is 26.4. The van der Waals surface area contributed by atoms with Crippen LogP contribution in [0.2, 0.25) is 5.02 Å². The fourth-order valence-electron chi connectivity index (χ4n) is 6.17. The van der Waals surface area contributed by atoms with Crippen molar-refractivity contribution in [3.63, 3.8) is 0 Å². The number of amides is 2. The van der Waals surface area contributed by atoms with Crippen molar-refractivity contribution in [2.45, 2.75) is 18.4 Å². The zero-order valence-corrected chi connectivity index (χ0v) is 22.3. The Labute approximate surface area is 227 Å². The molecule has 6 rings (SSSR count). The maximum absolute atomic E-state index is 14.4. The Morgan fingerprint density at radius 3 is 2.34 bits per heavy atom. The van der Waals surface area contributed by atoms with Crippen LogP contribution in [-0.4, -0.2) is 68.6 Å². The summed E-state index contributed by atoms with van der Waals surface area (Å²) in [6, 6.07) is 18.9. The smallest absolute Gasteiger partial charge is 0.254 e. The molecule has 2 atom stereocenters. The second-order valence-corrected chi connectivity index (χ2v) is 10.4. The Morgan fingerprint density at radius 2 is 1.61 bits per heavy atom. The molecule has 3 heterocycles. The summed E-state index contributed by atoms with van der Waals surface area (Å²) in [5.74, 6) is 0.774. The van der Waals surface area contributed by atoms with Crippen LogP contribution in [0.5, 0.6) is 11.5 Å². The number of hydrogen-bond acceptors (Lipinski definition) is 5. The molecule has 1 saturated heterocycles. The molecule has 38 heavy (non-hydrogen) atoms. The van der Waals surface area contributed by atoms with Crippen LogP contribution in [0.25, 0.3) is 0 Å². The predicted octanol–water partition coefficient (Wildman–Crippen LogP) is 4.54. The molecule has 0 N–H and O–H groups in total. The topological polar surface area (TPSA) is 62.3 Å². The van der Waals surface area contributed by atoms with E-state index in [0.29, 0.717) is 48.1 Å². The van der Waals surface area contributed by atoms with Crippen LogP contribution in [0.4, 0.5) is 5.69 Å². The highest BCUT2D eigenvalue weighted by Gasteiger charge is 2.48. The first-order chi connectivity index (χ1) is 18.5. The standard InChI is InChI=1S/C30H30ClN3O4/c1-37-25-16-19-10-11-34-28(24(19)18-26(25)38-2)27(22-8-3-4-9-23(22)29(34)35)30(36)33-14-12-32(13-15-33)21-7-5-6-20(31)17-21/h3-9,16-18,27-28H,10-15H2,1-2H3. The van der Waals surface area contributed by atoms with E-state index in [1.807, 2.05) is 70.5 Å². The average molecular weight is 532 g/mol. The van der Waals surface area contributed by atoms with E-state index in [0.717, 1.165) is 35.5 Å². The fraction of sp³-hybridized carbons (Fsp3) is 0.333. The lowest BCUT2D eigenvalue weighted by molar-refractivity contribution is -0.135. The zero-order valence-electron chi connectivity index (χ0n) is 21.5. The number of anilines is 1. The van der Waals surface area contributed by atoms with Gasteiger partial charge in [-0.25, -0.2) is 0 Å². The van der Waals surface area contributed by atoms with E-state index < -0.39 is 12.0 Å². The lowest BCUT2D eigenvalue weighted by atomic mass is 9.75. The van der Waals surface area contributed by atoms with Gasteiger partial charge in [0.1, 0.15) is 0 Å². The molecular weight excluding hydrogens is 502 g/mol. The molecule has 0 bridgehead atoms. The van der Waals surface area contributed by atoms with Crippen LogP contribution >= 0.6 is 11.6 Å². The van der Waals surface area contributed by atoms with Crippen LogP contribution in [0.15, 0.2) is 60.7 Å². The van der Waals surface area contributed by atoms with Crippen molar-refractivity contribution in [3.8, 4) is 11.5 Å². The summed E-state index contributed by atoms with van der Waals surface area (Å²) in [7, 11) is 3.23. The summed E-state index contributed by atoms with van der Waals surface area (Å²) < 4.78 is 11.2. The van der Waals surface area contributed by atoms with Crippen molar-refractivity contribution >= 4 is 29.1 Å². The number of methoxy groups -OCH3 is 2. The Hall–Kier alpha value is -3.71. The normalized spacial score (nSPS) is 20.4. The van der Waals surface area contributed by atoms with Crippen molar-refractivity contribution < 1.29 is 19.1 Å². The van der Waals surface area contributed by atoms with Crippen molar-refractivity contribution in [1.82, 2.24) is 9.80 Å². The summed E-state index contributed by atoms with van der Waals surface area (Å²) in [6.45, 7) is 3.18. The summed E-state index contributed by atoms with van der Waals surface area (Å²) in [4.78, 5) is 34.1. The summed E-state index contributed by atoms with van der Waals surface area (Å²) >= 11 is 6.21. The van der Waals surface area contributed by atoms with Crippen molar-refractivity contribution in [2.75, 3.05) is 51.8 Å². The van der Waals surface area contributed by atoms with Crippen LogP contribution in [0.1, 0.15) is 39.0 Å². The Balaban J connectivity index is 1.37. The minimum Gasteiger partial charge on any atom is -0.493 e. The van der Waals surface area contributed by atoms with Gasteiger partial charge in [-0.1, -0.05) is 35.9 Å². The second kappa shape index (κ2) is 9.87. The first-order valence-corrected chi connectivity index (χ1v) is 13.3. The molecule has 2 unspecified atom stereocenters. The van der Waals surface area contributed by atoms with E-state index in [9.17, 15) is 9.59 Å². The molecule has 196 valence electrons. The number of rotatable bonds is 4. The SMILES string of the molecule is COc1cc2c(cc1OC)C1C(C(=O)N3CCN(c4cccc(Cl)c4)CC3)c3ccccc3C(=O)N1CC2. The number of nitrogens with zero attached hydrogens (tertiary/aromatic N) is 3. The lowest BCUT2D eigenvalue weighted by Crippen LogP contribution is -2.54. The van der Waals surface area contributed by atoms with Gasteiger partial charge in [-0.15, -0.1) is 0 Å². The molecule has 7 nitrogen and oxygen atoms in total. The van der Waals surface area contributed by atoms with Crippen LogP contribution in [0.3, 0.4) is 0 Å². The molecule has 0 spiro atoms. The van der Waals surface area contributed by atoms with E-state index in [4.69, 9.17) is 21.1 Å². The van der Waals surface area contributed by atoms with Crippen molar-refractivity contribution in [2.24, 2.45) is 0 Å². The molecule has 0 aliphatic carbocycles. The molecule has 1 fully saturated rings. The minimum atomic E-state index is -0.501. The first kappa shape index (κ1) is 24.6. The highest BCUT2D eigenvalue weighted by Crippen LogP contribution is 2.49. The summed E-state index contributed by atoms with van der Waals surface area (Å²) in [5, 5.41) is 0.701. The first-order valence-electron chi connectivity index (χ1n) is 12.9. The molecular formula is C30H30ClN3O4. The maximum Gasteiger partial charge on any atom is 0.254 e. The van der Waals surface area contributed by atoms with Gasteiger partial charge in [0.05, 0.1) is 26.2 Å². The number of carbonyl (C=O) groups excluding carboxylic acids is 2. The van der Waals surface area contributed by atoms with Crippen LogP contribution < -0.4 is 14.4 Å². The summed E-state index contributed by atoms with van der Waals surface area (Å²) in [5.41, 5.74) is 4.51. The van der Waals surface area contributed by atoms with Crippen molar-refractivity contribution in [3.05, 3.63) is 87.9 Å². The van der Waals surface area contributed by atoms with Crippen molar-refractivity contribution in [1.29, 1.82) is 0 Å². The third-order valence-corrected chi connectivity index (χ3v) is 8.29. The maximum atomic E-state index is 14.4. The average Bonchev–Trinajstić information content (AvgIpc) is 2.96. The molecule has 0 radical (unpaired) electrons. The second-order valence-electron chi connectivity index (χ2n) is 9.96. The molecule has 3 aliphatic heterocycles. The minimum absolute atomic E-state index is 0.0270. The largest absolute Gasteiger partial charge is 0.493 e. The molecule has 3 aliphatic rings. The van der Waals surface area contributed by atoms with Crippen LogP contribution in [-0.2, 0) is 11.2 Å². The number of fused-ring (bicyclic) bond motifs is 4. The Morgan fingerprint density at radius 1 is 0.868 bits per heavy atom. The van der Waals surface area contributed by atoms with Gasteiger partial charge in [0.15, 0.2) is 11.5 Å². The van der Waals surface area contributed by atoms with Gasteiger partial charge >= 0.3 is 0 Å². The molecule has 2 amide bonds. The number of ether oxygens (including phenoxy) is 2. The number of hydrogen-bond donors (Lipinski definition) is 0. The number of piperazine rings is 1. The third-order valence-electron chi connectivity index (χ3n) is 8.06. The quantitative estimate of drug-likeness (QED) is 0.494.